The van der Waals surface area contributed by atoms with E-state index in [2.05, 4.69) is 28.6 Å². The summed E-state index contributed by atoms with van der Waals surface area (Å²) in [6, 6.07) is 1.10. The fourth-order valence-corrected chi connectivity index (χ4v) is 3.26. The first-order valence-corrected chi connectivity index (χ1v) is 11.5. The maximum atomic E-state index is 12.9. The Bertz CT molecular complexity index is 909. The van der Waals surface area contributed by atoms with Crippen LogP contribution in [0.3, 0.4) is 0 Å². The number of amides is 3. The van der Waals surface area contributed by atoms with Crippen molar-refractivity contribution in [2.24, 2.45) is 11.7 Å². The lowest BCUT2D eigenvalue weighted by Crippen LogP contribution is -2.58. The molecule has 0 aliphatic rings. The van der Waals surface area contributed by atoms with Crippen molar-refractivity contribution < 1.29 is 39.3 Å². The number of carbonyl (C=O) groups excluding carboxylic acids is 3. The highest BCUT2D eigenvalue weighted by molar-refractivity contribution is 7.80. The van der Waals surface area contributed by atoms with E-state index < -0.39 is 59.7 Å². The number of carbonyl (C=O) groups is 5. The Balaban J connectivity index is 3.01. The van der Waals surface area contributed by atoms with Gasteiger partial charge in [0.25, 0.3) is 0 Å². The second-order valence-electron chi connectivity index (χ2n) is 8.28. The fourth-order valence-electron chi connectivity index (χ4n) is 3.00. The van der Waals surface area contributed by atoms with Crippen molar-refractivity contribution in [2.45, 2.75) is 57.3 Å². The van der Waals surface area contributed by atoms with Crippen LogP contribution in [0.1, 0.15) is 32.3 Å². The second-order valence-corrected chi connectivity index (χ2v) is 8.65. The summed E-state index contributed by atoms with van der Waals surface area (Å²) in [5.74, 6) is -5.23. The summed E-state index contributed by atoms with van der Waals surface area (Å²) in [4.78, 5) is 60.3. The van der Waals surface area contributed by atoms with Crippen molar-refractivity contribution in [1.82, 2.24) is 16.0 Å². The van der Waals surface area contributed by atoms with E-state index in [9.17, 15) is 34.2 Å². The number of carboxylic acid groups (broad SMARTS) is 2. The van der Waals surface area contributed by atoms with Crippen LogP contribution in [-0.4, -0.2) is 74.9 Å². The Morgan fingerprint density at radius 1 is 0.914 bits per heavy atom. The Morgan fingerprint density at radius 2 is 1.46 bits per heavy atom. The largest absolute Gasteiger partial charge is 0.508 e. The van der Waals surface area contributed by atoms with Crippen molar-refractivity contribution in [1.29, 1.82) is 0 Å². The molecule has 35 heavy (non-hydrogen) atoms. The first-order valence-electron chi connectivity index (χ1n) is 10.9. The number of aliphatic carboxylic acids is 2. The molecule has 0 spiro atoms. The fraction of sp³-hybridized carbons (Fsp3) is 0.500. The number of benzene rings is 1. The molecule has 4 atom stereocenters. The minimum atomic E-state index is -1.24. The highest BCUT2D eigenvalue weighted by atomic mass is 32.1. The van der Waals surface area contributed by atoms with Crippen LogP contribution in [-0.2, 0) is 30.4 Å². The summed E-state index contributed by atoms with van der Waals surface area (Å²) >= 11 is 4.06. The van der Waals surface area contributed by atoms with Gasteiger partial charge in [0.05, 0.1) is 6.04 Å². The summed E-state index contributed by atoms with van der Waals surface area (Å²) in [6.45, 7) is 3.24. The highest BCUT2D eigenvalue weighted by Gasteiger charge is 2.31. The number of hydrogen-bond acceptors (Lipinski definition) is 8. The van der Waals surface area contributed by atoms with Crippen molar-refractivity contribution in [3.8, 4) is 5.75 Å². The van der Waals surface area contributed by atoms with Gasteiger partial charge in [-0.05, 0) is 30.0 Å². The van der Waals surface area contributed by atoms with Gasteiger partial charge in [-0.1, -0.05) is 26.0 Å². The molecule has 0 aliphatic heterocycles. The molecule has 0 radical (unpaired) electrons. The zero-order valence-corrected chi connectivity index (χ0v) is 20.3. The molecule has 0 saturated heterocycles. The first kappa shape index (κ1) is 29.7. The lowest BCUT2D eigenvalue weighted by Gasteiger charge is -2.25. The Labute approximate surface area is 208 Å². The van der Waals surface area contributed by atoms with Crippen LogP contribution in [0.5, 0.6) is 5.75 Å². The molecule has 0 aliphatic carbocycles. The van der Waals surface area contributed by atoms with E-state index in [1.54, 1.807) is 13.8 Å². The van der Waals surface area contributed by atoms with Crippen LogP contribution < -0.4 is 21.7 Å². The van der Waals surface area contributed by atoms with E-state index in [0.717, 1.165) is 0 Å². The van der Waals surface area contributed by atoms with Crippen LogP contribution in [0.4, 0.5) is 0 Å². The number of phenols is 1. The number of aromatic hydroxyl groups is 1. The smallest absolute Gasteiger partial charge is 0.326 e. The van der Waals surface area contributed by atoms with E-state index in [1.165, 1.54) is 24.3 Å². The van der Waals surface area contributed by atoms with Gasteiger partial charge >= 0.3 is 11.9 Å². The Kier molecular flexibility index (Phi) is 12.0. The molecule has 13 heteroatoms. The standard InChI is InChI=1S/C22H32N4O8S/c1-11(2)18(22(33)34)26-20(31)15(9-12-3-5-13(27)6-4-12)24-21(32)16(10-35)25-19(30)14(23)7-8-17(28)29/h3-6,11,14-16,18,27,35H,7-10,23H2,1-2H3,(H,24,32)(H,25,30)(H,26,31)(H,28,29)(H,33,34). The van der Waals surface area contributed by atoms with E-state index in [1.807, 2.05) is 0 Å². The zero-order valence-electron chi connectivity index (χ0n) is 19.4. The van der Waals surface area contributed by atoms with Gasteiger partial charge in [0.1, 0.15) is 23.9 Å². The summed E-state index contributed by atoms with van der Waals surface area (Å²) in [5.41, 5.74) is 6.24. The number of nitrogens with two attached hydrogens (primary N) is 1. The van der Waals surface area contributed by atoms with Crippen LogP contribution in [0.15, 0.2) is 24.3 Å². The van der Waals surface area contributed by atoms with Crippen LogP contribution in [0.2, 0.25) is 0 Å². The van der Waals surface area contributed by atoms with Crippen LogP contribution in [0, 0.1) is 5.92 Å². The maximum Gasteiger partial charge on any atom is 0.326 e. The second kappa shape index (κ2) is 14.2. The van der Waals surface area contributed by atoms with Gasteiger partial charge in [0, 0.05) is 18.6 Å². The molecule has 0 bridgehead atoms. The van der Waals surface area contributed by atoms with Crippen molar-refractivity contribution in [3.63, 3.8) is 0 Å². The summed E-state index contributed by atoms with van der Waals surface area (Å²) in [5, 5.41) is 34.9. The molecule has 3 amide bonds. The summed E-state index contributed by atoms with van der Waals surface area (Å²) < 4.78 is 0. The average Bonchev–Trinajstić information content (AvgIpc) is 2.79. The topological polar surface area (TPSA) is 208 Å². The lowest BCUT2D eigenvalue weighted by molar-refractivity contribution is -0.143. The van der Waals surface area contributed by atoms with E-state index in [-0.39, 0.29) is 30.8 Å². The quantitative estimate of drug-likeness (QED) is 0.147. The predicted molar refractivity (Wildman–Crippen MR) is 129 cm³/mol. The molecular weight excluding hydrogens is 480 g/mol. The molecule has 1 rings (SSSR count). The minimum absolute atomic E-state index is 0.00150. The molecule has 8 N–H and O–H groups in total. The molecule has 0 saturated carbocycles. The van der Waals surface area contributed by atoms with E-state index >= 15 is 0 Å². The van der Waals surface area contributed by atoms with Crippen molar-refractivity contribution in [3.05, 3.63) is 29.8 Å². The average molecular weight is 513 g/mol. The minimum Gasteiger partial charge on any atom is -0.508 e. The van der Waals surface area contributed by atoms with Gasteiger partial charge in [-0.25, -0.2) is 4.79 Å². The van der Waals surface area contributed by atoms with Gasteiger partial charge in [-0.15, -0.1) is 0 Å². The molecule has 1 aromatic rings. The summed E-state index contributed by atoms with van der Waals surface area (Å²) in [6.07, 6.45) is -0.505. The van der Waals surface area contributed by atoms with Crippen molar-refractivity contribution >= 4 is 42.3 Å². The third-order valence-corrected chi connectivity index (χ3v) is 5.43. The number of carboxylic acids is 2. The van der Waals surface area contributed by atoms with E-state index in [4.69, 9.17) is 10.8 Å². The van der Waals surface area contributed by atoms with Crippen molar-refractivity contribution in [2.75, 3.05) is 5.75 Å². The number of rotatable bonds is 14. The lowest BCUT2D eigenvalue weighted by atomic mass is 10.0. The molecule has 0 heterocycles. The molecule has 194 valence electrons. The Hall–Kier alpha value is -3.32. The molecule has 4 unspecified atom stereocenters. The normalized spacial score (nSPS) is 14.3. The first-order chi connectivity index (χ1) is 16.3. The highest BCUT2D eigenvalue weighted by Crippen LogP contribution is 2.12. The number of phenolic OH excluding ortho intramolecular Hbond substituents is 1. The molecule has 0 aromatic heterocycles. The number of thiol groups is 1. The van der Waals surface area contributed by atoms with Gasteiger partial charge in [0.15, 0.2) is 0 Å². The number of hydrogen-bond donors (Lipinski definition) is 8. The van der Waals surface area contributed by atoms with Crippen LogP contribution >= 0.6 is 12.6 Å². The molecule has 1 aromatic carbocycles. The molecular formula is C22H32N4O8S. The van der Waals surface area contributed by atoms with Crippen LogP contribution in [0.25, 0.3) is 0 Å². The van der Waals surface area contributed by atoms with Gasteiger partial charge in [0.2, 0.25) is 17.7 Å². The monoisotopic (exact) mass is 512 g/mol. The zero-order chi connectivity index (χ0) is 26.7. The third-order valence-electron chi connectivity index (χ3n) is 5.06. The SMILES string of the molecule is CC(C)C(NC(=O)C(Cc1ccc(O)cc1)NC(=O)C(CS)NC(=O)C(N)CCC(=O)O)C(=O)O. The molecule has 0 fully saturated rings. The Morgan fingerprint density at radius 3 is 1.94 bits per heavy atom. The van der Waals surface area contributed by atoms with Gasteiger partial charge in [-0.3, -0.25) is 19.2 Å². The van der Waals surface area contributed by atoms with Gasteiger partial charge < -0.3 is 37.0 Å². The predicted octanol–water partition coefficient (Wildman–Crippen LogP) is -0.748. The van der Waals surface area contributed by atoms with Gasteiger partial charge in [-0.2, -0.15) is 12.6 Å². The number of nitrogens with one attached hydrogen (secondary N) is 3. The third kappa shape index (κ3) is 10.2. The molecule has 12 nitrogen and oxygen atoms in total. The van der Waals surface area contributed by atoms with E-state index in [0.29, 0.717) is 5.56 Å². The maximum absolute atomic E-state index is 12.9. The summed E-state index contributed by atoms with van der Waals surface area (Å²) in [7, 11) is 0.